The topological polar surface area (TPSA) is 36.4 Å². The molecule has 1 heterocycles. The number of pyridine rings is 1. The van der Waals surface area contributed by atoms with Crippen LogP contribution in [-0.2, 0) is 0 Å². The van der Waals surface area contributed by atoms with Gasteiger partial charge >= 0.3 is 0 Å². The molecule has 1 atom stereocenters. The molecule has 84 valence electrons. The van der Waals surface area contributed by atoms with Crippen molar-refractivity contribution in [2.45, 2.75) is 13.0 Å². The van der Waals surface area contributed by atoms with Crippen molar-refractivity contribution < 1.29 is 5.11 Å². The van der Waals surface area contributed by atoms with Gasteiger partial charge in [-0.2, -0.15) is 0 Å². The van der Waals surface area contributed by atoms with Crippen LogP contribution in [0.4, 0.5) is 5.69 Å². The fourth-order valence-electron chi connectivity index (χ4n) is 1.79. The van der Waals surface area contributed by atoms with Gasteiger partial charge in [-0.1, -0.05) is 6.07 Å². The second-order valence-corrected chi connectivity index (χ2v) is 4.17. The van der Waals surface area contributed by atoms with E-state index in [1.807, 2.05) is 25.1 Å². The molecule has 0 saturated heterocycles. The van der Waals surface area contributed by atoms with Gasteiger partial charge in [0.05, 0.1) is 11.8 Å². The van der Waals surface area contributed by atoms with E-state index in [1.54, 1.807) is 13.1 Å². The summed E-state index contributed by atoms with van der Waals surface area (Å²) in [7, 11) is 4.00. The van der Waals surface area contributed by atoms with Crippen molar-refractivity contribution >= 4 is 16.5 Å². The van der Waals surface area contributed by atoms with Gasteiger partial charge in [-0.3, -0.25) is 4.98 Å². The van der Waals surface area contributed by atoms with Crippen molar-refractivity contribution in [2.75, 3.05) is 19.0 Å². The van der Waals surface area contributed by atoms with Crippen molar-refractivity contribution in [3.05, 3.63) is 36.2 Å². The molecule has 0 bridgehead atoms. The second kappa shape index (κ2) is 4.10. The van der Waals surface area contributed by atoms with Crippen molar-refractivity contribution in [2.24, 2.45) is 0 Å². The molecule has 0 aliphatic carbocycles. The van der Waals surface area contributed by atoms with Crippen LogP contribution < -0.4 is 4.90 Å². The highest BCUT2D eigenvalue weighted by atomic mass is 16.3. The van der Waals surface area contributed by atoms with E-state index in [-0.39, 0.29) is 0 Å². The molecule has 0 aliphatic heterocycles. The summed E-state index contributed by atoms with van der Waals surface area (Å²) < 4.78 is 0. The first-order chi connectivity index (χ1) is 7.59. The fraction of sp³-hybridized carbons (Fsp3) is 0.308. The molecule has 2 rings (SSSR count). The normalized spacial score (nSPS) is 12.8. The molecule has 0 radical (unpaired) electrons. The highest BCUT2D eigenvalue weighted by Crippen LogP contribution is 2.25. The standard InChI is InChI=1S/C13H16N2O/c1-9(16)13-12-8-11(15(2)3)5-4-10(12)6-7-14-13/h4-9,16H,1-3H3. The van der Waals surface area contributed by atoms with Crippen molar-refractivity contribution in [1.29, 1.82) is 0 Å². The van der Waals surface area contributed by atoms with Gasteiger partial charge in [0.25, 0.3) is 0 Å². The largest absolute Gasteiger partial charge is 0.387 e. The molecule has 1 unspecified atom stereocenters. The number of anilines is 1. The number of hydrogen-bond acceptors (Lipinski definition) is 3. The Balaban J connectivity index is 2.68. The summed E-state index contributed by atoms with van der Waals surface area (Å²) in [5.74, 6) is 0. The van der Waals surface area contributed by atoms with E-state index in [0.29, 0.717) is 0 Å². The molecular weight excluding hydrogens is 200 g/mol. The summed E-state index contributed by atoms with van der Waals surface area (Å²) in [6, 6.07) is 8.14. The Morgan fingerprint density at radius 1 is 1.25 bits per heavy atom. The first-order valence-corrected chi connectivity index (χ1v) is 5.33. The molecule has 0 spiro atoms. The minimum atomic E-state index is -0.541. The van der Waals surface area contributed by atoms with E-state index in [2.05, 4.69) is 23.2 Å². The van der Waals surface area contributed by atoms with E-state index < -0.39 is 6.10 Å². The van der Waals surface area contributed by atoms with Gasteiger partial charge in [0.1, 0.15) is 0 Å². The van der Waals surface area contributed by atoms with E-state index in [4.69, 9.17) is 0 Å². The van der Waals surface area contributed by atoms with Gasteiger partial charge in [-0.05, 0) is 30.5 Å². The highest BCUT2D eigenvalue weighted by Gasteiger charge is 2.08. The van der Waals surface area contributed by atoms with E-state index in [0.717, 1.165) is 22.2 Å². The summed E-state index contributed by atoms with van der Waals surface area (Å²) in [4.78, 5) is 6.28. The molecule has 1 aromatic heterocycles. The average molecular weight is 216 g/mol. The van der Waals surface area contributed by atoms with Crippen LogP contribution in [0.15, 0.2) is 30.5 Å². The van der Waals surface area contributed by atoms with Crippen LogP contribution in [0.25, 0.3) is 10.8 Å². The summed E-state index contributed by atoms with van der Waals surface area (Å²) in [6.45, 7) is 1.74. The minimum absolute atomic E-state index is 0.541. The molecule has 1 N–H and O–H groups in total. The van der Waals surface area contributed by atoms with Crippen LogP contribution in [-0.4, -0.2) is 24.2 Å². The number of nitrogens with zero attached hydrogens (tertiary/aromatic N) is 2. The number of aliphatic hydroxyl groups excluding tert-OH is 1. The van der Waals surface area contributed by atoms with E-state index in [9.17, 15) is 5.11 Å². The van der Waals surface area contributed by atoms with Gasteiger partial charge in [-0.15, -0.1) is 0 Å². The number of aliphatic hydroxyl groups is 1. The van der Waals surface area contributed by atoms with Gasteiger partial charge < -0.3 is 10.0 Å². The maximum absolute atomic E-state index is 9.68. The van der Waals surface area contributed by atoms with Crippen molar-refractivity contribution in [3.63, 3.8) is 0 Å². The Morgan fingerprint density at radius 2 is 2.00 bits per heavy atom. The number of fused-ring (bicyclic) bond motifs is 1. The van der Waals surface area contributed by atoms with Crippen LogP contribution in [0.1, 0.15) is 18.7 Å². The monoisotopic (exact) mass is 216 g/mol. The molecular formula is C13H16N2O. The Bertz CT molecular complexity index is 506. The third-order valence-corrected chi connectivity index (χ3v) is 2.69. The molecule has 1 aromatic carbocycles. The lowest BCUT2D eigenvalue weighted by Crippen LogP contribution is -2.08. The third-order valence-electron chi connectivity index (χ3n) is 2.69. The molecule has 2 aromatic rings. The summed E-state index contributed by atoms with van der Waals surface area (Å²) in [5.41, 5.74) is 1.85. The maximum atomic E-state index is 9.68. The zero-order valence-corrected chi connectivity index (χ0v) is 9.81. The quantitative estimate of drug-likeness (QED) is 0.837. The lowest BCUT2D eigenvalue weighted by Gasteiger charge is -2.15. The summed E-state index contributed by atoms with van der Waals surface area (Å²) in [6.07, 6.45) is 1.20. The van der Waals surface area contributed by atoms with Crippen LogP contribution in [0.5, 0.6) is 0 Å². The Kier molecular flexibility index (Phi) is 2.79. The molecule has 0 fully saturated rings. The average Bonchev–Trinajstić information content (AvgIpc) is 2.27. The Labute approximate surface area is 95.3 Å². The predicted molar refractivity (Wildman–Crippen MR) is 66.7 cm³/mol. The van der Waals surface area contributed by atoms with Crippen LogP contribution in [0.2, 0.25) is 0 Å². The molecule has 0 aliphatic rings. The van der Waals surface area contributed by atoms with Crippen molar-refractivity contribution in [1.82, 2.24) is 4.98 Å². The van der Waals surface area contributed by atoms with E-state index in [1.165, 1.54) is 0 Å². The SMILES string of the molecule is CC(O)c1nccc2ccc(N(C)C)cc12. The highest BCUT2D eigenvalue weighted by molar-refractivity contribution is 5.87. The van der Waals surface area contributed by atoms with Crippen LogP contribution in [0, 0.1) is 0 Å². The predicted octanol–water partition coefficient (Wildman–Crippen LogP) is 2.35. The lowest BCUT2D eigenvalue weighted by atomic mass is 10.1. The number of aromatic nitrogens is 1. The zero-order valence-electron chi connectivity index (χ0n) is 9.81. The third kappa shape index (κ3) is 1.86. The smallest absolute Gasteiger partial charge is 0.0938 e. The first kappa shape index (κ1) is 10.9. The summed E-state index contributed by atoms with van der Waals surface area (Å²) in [5, 5.41) is 11.8. The lowest BCUT2D eigenvalue weighted by molar-refractivity contribution is 0.196. The molecule has 0 saturated carbocycles. The maximum Gasteiger partial charge on any atom is 0.0938 e. The van der Waals surface area contributed by atoms with Crippen molar-refractivity contribution in [3.8, 4) is 0 Å². The zero-order chi connectivity index (χ0) is 11.7. The van der Waals surface area contributed by atoms with Gasteiger partial charge in [0.15, 0.2) is 0 Å². The molecule has 3 heteroatoms. The minimum Gasteiger partial charge on any atom is -0.387 e. The van der Waals surface area contributed by atoms with Gasteiger partial charge in [0.2, 0.25) is 0 Å². The van der Waals surface area contributed by atoms with Gasteiger partial charge in [-0.25, -0.2) is 0 Å². The first-order valence-electron chi connectivity index (χ1n) is 5.33. The number of benzene rings is 1. The van der Waals surface area contributed by atoms with Crippen LogP contribution >= 0.6 is 0 Å². The number of rotatable bonds is 2. The fourth-order valence-corrected chi connectivity index (χ4v) is 1.79. The Hall–Kier alpha value is -1.61. The van der Waals surface area contributed by atoms with Gasteiger partial charge in [0, 0.05) is 31.4 Å². The summed E-state index contributed by atoms with van der Waals surface area (Å²) >= 11 is 0. The Morgan fingerprint density at radius 3 is 2.62 bits per heavy atom. The molecule has 16 heavy (non-hydrogen) atoms. The second-order valence-electron chi connectivity index (χ2n) is 4.17. The van der Waals surface area contributed by atoms with E-state index >= 15 is 0 Å². The van der Waals surface area contributed by atoms with Crippen LogP contribution in [0.3, 0.4) is 0 Å². The molecule has 0 amide bonds. The number of hydrogen-bond donors (Lipinski definition) is 1. The molecule has 3 nitrogen and oxygen atoms in total.